The monoisotopic (exact) mass is 349 g/mol. The van der Waals surface area contributed by atoms with Crippen molar-refractivity contribution in [3.8, 4) is 0 Å². The van der Waals surface area contributed by atoms with Crippen LogP contribution in [-0.4, -0.2) is 43.3 Å². The van der Waals surface area contributed by atoms with Crippen LogP contribution in [0.1, 0.15) is 24.8 Å². The van der Waals surface area contributed by atoms with Crippen molar-refractivity contribution in [3.05, 3.63) is 34.9 Å². The zero-order chi connectivity index (χ0) is 17.0. The Hall–Kier alpha value is -1.27. The standard InChI is InChI=1S/C16H19ClF3NO2/c1-2-23-15(22)13-9-21(10-16(18,19)20)8-7-11(13)12-5-3-4-6-14(12)17/h3-6,11,13H,2,7-10H2,1H3/t11-,13+/m0/s1. The van der Waals surface area contributed by atoms with Crippen LogP contribution in [0.15, 0.2) is 24.3 Å². The molecule has 3 nitrogen and oxygen atoms in total. The molecule has 0 amide bonds. The number of benzene rings is 1. The molecule has 7 heteroatoms. The molecule has 1 aliphatic rings. The van der Waals surface area contributed by atoms with Gasteiger partial charge in [-0.1, -0.05) is 29.8 Å². The van der Waals surface area contributed by atoms with Gasteiger partial charge in [0.05, 0.1) is 19.1 Å². The van der Waals surface area contributed by atoms with Crippen molar-refractivity contribution in [1.29, 1.82) is 0 Å². The van der Waals surface area contributed by atoms with Crippen molar-refractivity contribution in [2.75, 3.05) is 26.2 Å². The lowest BCUT2D eigenvalue weighted by molar-refractivity contribution is -0.161. The second-order valence-corrected chi connectivity index (χ2v) is 6.03. The minimum absolute atomic E-state index is 0.0221. The van der Waals surface area contributed by atoms with E-state index >= 15 is 0 Å². The predicted molar refractivity (Wildman–Crippen MR) is 81.4 cm³/mol. The summed E-state index contributed by atoms with van der Waals surface area (Å²) in [5.41, 5.74) is 0.791. The predicted octanol–water partition coefficient (Wildman–Crippen LogP) is 3.87. The second-order valence-electron chi connectivity index (χ2n) is 5.63. The average Bonchev–Trinajstić information content (AvgIpc) is 2.46. The van der Waals surface area contributed by atoms with Gasteiger partial charge < -0.3 is 4.74 Å². The number of piperidine rings is 1. The first-order valence-electron chi connectivity index (χ1n) is 7.52. The van der Waals surface area contributed by atoms with Gasteiger partial charge in [0.2, 0.25) is 0 Å². The highest BCUT2D eigenvalue weighted by atomic mass is 35.5. The molecule has 23 heavy (non-hydrogen) atoms. The first-order chi connectivity index (χ1) is 10.8. The fourth-order valence-electron chi connectivity index (χ4n) is 3.05. The zero-order valence-electron chi connectivity index (χ0n) is 12.8. The fraction of sp³-hybridized carbons (Fsp3) is 0.562. The van der Waals surface area contributed by atoms with Gasteiger partial charge in [-0.05, 0) is 31.5 Å². The lowest BCUT2D eigenvalue weighted by Crippen LogP contribution is -2.46. The fourth-order valence-corrected chi connectivity index (χ4v) is 3.33. The van der Waals surface area contributed by atoms with Crippen LogP contribution in [0.4, 0.5) is 13.2 Å². The number of rotatable bonds is 4. The Kier molecular flexibility index (Phi) is 5.92. The van der Waals surface area contributed by atoms with E-state index < -0.39 is 24.6 Å². The largest absolute Gasteiger partial charge is 0.466 e. The molecule has 2 rings (SSSR count). The number of alkyl halides is 3. The van der Waals surface area contributed by atoms with Gasteiger partial charge in [-0.15, -0.1) is 0 Å². The molecule has 1 aromatic carbocycles. The molecule has 1 heterocycles. The van der Waals surface area contributed by atoms with Crippen LogP contribution in [0.3, 0.4) is 0 Å². The molecule has 128 valence electrons. The average molecular weight is 350 g/mol. The van der Waals surface area contributed by atoms with Crippen LogP contribution in [-0.2, 0) is 9.53 Å². The minimum Gasteiger partial charge on any atom is -0.466 e. The number of hydrogen-bond acceptors (Lipinski definition) is 3. The lowest BCUT2D eigenvalue weighted by Gasteiger charge is -2.38. The summed E-state index contributed by atoms with van der Waals surface area (Å²) in [6.45, 7) is 1.15. The first kappa shape index (κ1) is 18.1. The van der Waals surface area contributed by atoms with E-state index in [4.69, 9.17) is 16.3 Å². The molecule has 0 N–H and O–H groups in total. The molecule has 0 saturated carbocycles. The number of nitrogens with zero attached hydrogens (tertiary/aromatic N) is 1. The van der Waals surface area contributed by atoms with Gasteiger partial charge in [0.15, 0.2) is 0 Å². The third-order valence-electron chi connectivity index (χ3n) is 3.99. The van der Waals surface area contributed by atoms with Crippen LogP contribution >= 0.6 is 11.6 Å². The van der Waals surface area contributed by atoms with E-state index in [0.29, 0.717) is 11.4 Å². The summed E-state index contributed by atoms with van der Waals surface area (Å²) in [6.07, 6.45) is -3.85. The summed E-state index contributed by atoms with van der Waals surface area (Å²) >= 11 is 6.20. The number of hydrogen-bond donors (Lipinski definition) is 0. The van der Waals surface area contributed by atoms with Gasteiger partial charge >= 0.3 is 12.1 Å². The highest BCUT2D eigenvalue weighted by molar-refractivity contribution is 6.31. The Morgan fingerprint density at radius 2 is 2.09 bits per heavy atom. The van der Waals surface area contributed by atoms with Crippen LogP contribution in [0.5, 0.6) is 0 Å². The number of halogens is 4. The Bertz CT molecular complexity index is 550. The summed E-state index contributed by atoms with van der Waals surface area (Å²) in [6, 6.07) is 7.13. The van der Waals surface area contributed by atoms with Gasteiger partial charge in [0.1, 0.15) is 0 Å². The molecule has 0 bridgehead atoms. The van der Waals surface area contributed by atoms with Gasteiger partial charge in [-0.2, -0.15) is 13.2 Å². The second kappa shape index (κ2) is 7.53. The Morgan fingerprint density at radius 3 is 2.70 bits per heavy atom. The quantitative estimate of drug-likeness (QED) is 0.773. The molecule has 0 radical (unpaired) electrons. The van der Waals surface area contributed by atoms with Crippen molar-refractivity contribution >= 4 is 17.6 Å². The molecule has 0 unspecified atom stereocenters. The molecule has 1 aromatic rings. The number of likely N-dealkylation sites (tertiary alicyclic amines) is 1. The van der Waals surface area contributed by atoms with E-state index in [1.807, 2.05) is 12.1 Å². The van der Waals surface area contributed by atoms with E-state index in [1.165, 1.54) is 4.90 Å². The van der Waals surface area contributed by atoms with Crippen molar-refractivity contribution in [2.24, 2.45) is 5.92 Å². The Labute approximate surface area is 138 Å². The Balaban J connectivity index is 2.21. The number of ether oxygens (including phenoxy) is 1. The number of carbonyl (C=O) groups excluding carboxylic acids is 1. The molecule has 0 aromatic heterocycles. The van der Waals surface area contributed by atoms with Crippen molar-refractivity contribution in [3.63, 3.8) is 0 Å². The SMILES string of the molecule is CCOC(=O)[C@@H]1CN(CC(F)(F)F)CC[C@H]1c1ccccc1Cl. The van der Waals surface area contributed by atoms with Crippen LogP contribution in [0.25, 0.3) is 0 Å². The molecule has 0 aliphatic carbocycles. The van der Waals surface area contributed by atoms with E-state index in [0.717, 1.165) is 5.56 Å². The summed E-state index contributed by atoms with van der Waals surface area (Å²) in [5.74, 6) is -1.34. The van der Waals surface area contributed by atoms with E-state index in [9.17, 15) is 18.0 Å². The summed E-state index contributed by atoms with van der Waals surface area (Å²) in [7, 11) is 0. The van der Waals surface area contributed by atoms with Crippen LogP contribution in [0.2, 0.25) is 5.02 Å². The molecule has 1 saturated heterocycles. The zero-order valence-corrected chi connectivity index (χ0v) is 13.5. The molecule has 2 atom stereocenters. The van der Waals surface area contributed by atoms with E-state index in [2.05, 4.69) is 0 Å². The summed E-state index contributed by atoms with van der Waals surface area (Å²) < 4.78 is 42.9. The molecular weight excluding hydrogens is 331 g/mol. The Morgan fingerprint density at radius 1 is 1.39 bits per heavy atom. The van der Waals surface area contributed by atoms with Crippen molar-refractivity contribution in [2.45, 2.75) is 25.4 Å². The maximum absolute atomic E-state index is 12.6. The third kappa shape index (κ3) is 4.85. The van der Waals surface area contributed by atoms with Crippen LogP contribution in [0, 0.1) is 5.92 Å². The van der Waals surface area contributed by atoms with E-state index in [-0.39, 0.29) is 25.6 Å². The van der Waals surface area contributed by atoms with Crippen LogP contribution < -0.4 is 0 Å². The highest BCUT2D eigenvalue weighted by Gasteiger charge is 2.40. The maximum Gasteiger partial charge on any atom is 0.401 e. The normalized spacial score (nSPS) is 22.8. The summed E-state index contributed by atoms with van der Waals surface area (Å²) in [4.78, 5) is 13.5. The van der Waals surface area contributed by atoms with Gasteiger partial charge in [-0.25, -0.2) is 0 Å². The summed E-state index contributed by atoms with van der Waals surface area (Å²) in [5, 5.41) is 0.524. The topological polar surface area (TPSA) is 29.5 Å². The van der Waals surface area contributed by atoms with Crippen molar-refractivity contribution < 1.29 is 22.7 Å². The molecule has 1 fully saturated rings. The van der Waals surface area contributed by atoms with Crippen molar-refractivity contribution in [1.82, 2.24) is 4.90 Å². The molecule has 0 spiro atoms. The number of carbonyl (C=O) groups is 1. The molecule has 1 aliphatic heterocycles. The maximum atomic E-state index is 12.6. The van der Waals surface area contributed by atoms with Gasteiger partial charge in [0.25, 0.3) is 0 Å². The first-order valence-corrected chi connectivity index (χ1v) is 7.89. The smallest absolute Gasteiger partial charge is 0.401 e. The van der Waals surface area contributed by atoms with E-state index in [1.54, 1.807) is 19.1 Å². The third-order valence-corrected chi connectivity index (χ3v) is 4.34. The van der Waals surface area contributed by atoms with Gasteiger partial charge in [-0.3, -0.25) is 9.69 Å². The minimum atomic E-state index is -4.28. The number of esters is 1. The van der Waals surface area contributed by atoms with Gasteiger partial charge in [0, 0.05) is 17.5 Å². The lowest BCUT2D eigenvalue weighted by atomic mass is 9.80. The molecular formula is C16H19ClF3NO2. The highest BCUT2D eigenvalue weighted by Crippen LogP contribution is 2.38.